The molecule has 0 aromatic carbocycles. The number of hydrogen-bond donors (Lipinski definition) is 0. The molecule has 1 fully saturated rings. The van der Waals surface area contributed by atoms with Gasteiger partial charge in [-0.2, -0.15) is 0 Å². The van der Waals surface area contributed by atoms with Crippen LogP contribution >= 0.6 is 0 Å². The molecule has 1 aliphatic heterocycles. The summed E-state index contributed by atoms with van der Waals surface area (Å²) in [5.41, 5.74) is 3.70. The Morgan fingerprint density at radius 2 is 2.08 bits per heavy atom. The summed E-state index contributed by atoms with van der Waals surface area (Å²) in [4.78, 5) is 15.7. The highest BCUT2D eigenvalue weighted by Crippen LogP contribution is 2.30. The van der Waals surface area contributed by atoms with Gasteiger partial charge < -0.3 is 14.4 Å². The summed E-state index contributed by atoms with van der Waals surface area (Å²) in [7, 11) is 1.62. The second-order valence-electron chi connectivity index (χ2n) is 5.61. The summed E-state index contributed by atoms with van der Waals surface area (Å²) in [6, 6.07) is 11.7. The third-order valence-electron chi connectivity index (χ3n) is 4.17. The number of morpholine rings is 1. The molecule has 1 unspecified atom stereocenters. The lowest BCUT2D eigenvalue weighted by molar-refractivity contribution is 0.0371. The molecule has 4 heterocycles. The highest BCUT2D eigenvalue weighted by Gasteiger charge is 2.24. The number of rotatable bonds is 3. The van der Waals surface area contributed by atoms with Crippen LogP contribution in [0.15, 0.2) is 48.8 Å². The molecule has 0 spiro atoms. The van der Waals surface area contributed by atoms with E-state index >= 15 is 0 Å². The summed E-state index contributed by atoms with van der Waals surface area (Å²) in [6.45, 7) is 2.19. The Morgan fingerprint density at radius 1 is 1.12 bits per heavy atom. The van der Waals surface area contributed by atoms with Crippen molar-refractivity contribution in [2.45, 2.75) is 6.10 Å². The van der Waals surface area contributed by atoms with Gasteiger partial charge in [0.25, 0.3) is 0 Å². The van der Waals surface area contributed by atoms with Crippen molar-refractivity contribution in [2.24, 2.45) is 0 Å². The fraction of sp³-hybridized carbons (Fsp3) is 0.278. The highest BCUT2D eigenvalue weighted by molar-refractivity contribution is 5.88. The molecular weight excluding hydrogens is 304 g/mol. The van der Waals surface area contributed by atoms with Crippen LogP contribution in [0.4, 0.5) is 5.69 Å². The van der Waals surface area contributed by atoms with Gasteiger partial charge in [0.2, 0.25) is 5.88 Å². The third-order valence-corrected chi connectivity index (χ3v) is 4.17. The first-order valence-corrected chi connectivity index (χ1v) is 7.92. The number of hydrogen-bond acceptors (Lipinski definition) is 6. The van der Waals surface area contributed by atoms with Gasteiger partial charge in [-0.15, -0.1) is 0 Å². The van der Waals surface area contributed by atoms with Gasteiger partial charge in [0.1, 0.15) is 11.6 Å². The Labute approximate surface area is 140 Å². The van der Waals surface area contributed by atoms with Crippen molar-refractivity contribution in [2.75, 3.05) is 31.7 Å². The summed E-state index contributed by atoms with van der Waals surface area (Å²) < 4.78 is 11.2. The molecule has 1 saturated heterocycles. The van der Waals surface area contributed by atoms with Crippen molar-refractivity contribution in [3.8, 4) is 5.88 Å². The van der Waals surface area contributed by atoms with E-state index in [1.54, 1.807) is 13.3 Å². The van der Waals surface area contributed by atoms with Crippen molar-refractivity contribution in [1.82, 2.24) is 15.0 Å². The van der Waals surface area contributed by atoms with E-state index in [1.807, 2.05) is 42.6 Å². The Morgan fingerprint density at radius 3 is 2.92 bits per heavy atom. The fourth-order valence-electron chi connectivity index (χ4n) is 2.98. The van der Waals surface area contributed by atoms with Gasteiger partial charge in [0, 0.05) is 25.0 Å². The highest BCUT2D eigenvalue weighted by atomic mass is 16.5. The van der Waals surface area contributed by atoms with Gasteiger partial charge in [-0.05, 0) is 24.3 Å². The molecule has 3 aromatic rings. The number of methoxy groups -OCH3 is 1. The van der Waals surface area contributed by atoms with Crippen LogP contribution in [-0.4, -0.2) is 41.8 Å². The molecule has 122 valence electrons. The fourth-order valence-corrected chi connectivity index (χ4v) is 2.98. The maximum absolute atomic E-state index is 5.91. The summed E-state index contributed by atoms with van der Waals surface area (Å²) in [6.07, 6.45) is 3.57. The zero-order chi connectivity index (χ0) is 16.4. The number of ether oxygens (including phenoxy) is 2. The van der Waals surface area contributed by atoms with Crippen LogP contribution in [0.5, 0.6) is 5.88 Å². The van der Waals surface area contributed by atoms with Gasteiger partial charge in [0.15, 0.2) is 0 Å². The van der Waals surface area contributed by atoms with Crippen LogP contribution in [0.25, 0.3) is 11.0 Å². The molecule has 4 rings (SSSR count). The molecule has 0 bridgehead atoms. The molecule has 24 heavy (non-hydrogen) atoms. The van der Waals surface area contributed by atoms with E-state index in [2.05, 4.69) is 19.9 Å². The van der Waals surface area contributed by atoms with Gasteiger partial charge in [-0.3, -0.25) is 9.97 Å². The number of nitrogens with zero attached hydrogens (tertiary/aromatic N) is 4. The molecule has 0 radical (unpaired) electrons. The predicted molar refractivity (Wildman–Crippen MR) is 91.2 cm³/mol. The number of pyridine rings is 3. The van der Waals surface area contributed by atoms with E-state index in [-0.39, 0.29) is 6.10 Å². The molecule has 3 aromatic heterocycles. The number of aromatic nitrogens is 3. The van der Waals surface area contributed by atoms with Crippen molar-refractivity contribution in [3.63, 3.8) is 0 Å². The third kappa shape index (κ3) is 2.76. The topological polar surface area (TPSA) is 60.4 Å². The van der Waals surface area contributed by atoms with E-state index in [0.717, 1.165) is 35.5 Å². The number of fused-ring (bicyclic) bond motifs is 1. The van der Waals surface area contributed by atoms with E-state index in [1.165, 1.54) is 0 Å². The zero-order valence-electron chi connectivity index (χ0n) is 13.4. The van der Waals surface area contributed by atoms with Gasteiger partial charge in [-0.25, -0.2) is 4.98 Å². The Kier molecular flexibility index (Phi) is 3.96. The molecular formula is C18H18N4O2. The monoisotopic (exact) mass is 322 g/mol. The molecule has 6 nitrogen and oxygen atoms in total. The van der Waals surface area contributed by atoms with Gasteiger partial charge in [-0.1, -0.05) is 6.07 Å². The molecule has 0 N–H and O–H groups in total. The number of anilines is 1. The molecule has 6 heteroatoms. The zero-order valence-corrected chi connectivity index (χ0v) is 13.4. The smallest absolute Gasteiger partial charge is 0.213 e. The van der Waals surface area contributed by atoms with Gasteiger partial charge in [0.05, 0.1) is 37.2 Å². The molecule has 1 atom stereocenters. The summed E-state index contributed by atoms with van der Waals surface area (Å²) in [5.74, 6) is 0.589. The quantitative estimate of drug-likeness (QED) is 0.739. The van der Waals surface area contributed by atoms with Crippen molar-refractivity contribution in [3.05, 3.63) is 54.5 Å². The summed E-state index contributed by atoms with van der Waals surface area (Å²) >= 11 is 0. The standard InChI is InChI=1S/C18H18N4O2/c1-23-17-6-5-14-18(21-17)15(7-9-20-14)22-10-11-24-16(12-22)13-4-2-3-8-19-13/h2-9,16H,10-12H2,1H3. The Bertz CT molecular complexity index is 841. The van der Waals surface area contributed by atoms with E-state index in [4.69, 9.17) is 9.47 Å². The first-order chi connectivity index (χ1) is 11.8. The van der Waals surface area contributed by atoms with Crippen LogP contribution in [0.1, 0.15) is 11.8 Å². The van der Waals surface area contributed by atoms with Crippen LogP contribution in [0.3, 0.4) is 0 Å². The van der Waals surface area contributed by atoms with Crippen LogP contribution < -0.4 is 9.64 Å². The SMILES string of the molecule is COc1ccc2nccc(N3CCOC(c4ccccn4)C3)c2n1. The lowest BCUT2D eigenvalue weighted by Gasteiger charge is -2.34. The van der Waals surface area contributed by atoms with Crippen LogP contribution in [-0.2, 0) is 4.74 Å². The van der Waals surface area contributed by atoms with Crippen molar-refractivity contribution >= 4 is 16.7 Å². The normalized spacial score (nSPS) is 17.9. The molecule has 1 aliphatic rings. The average molecular weight is 322 g/mol. The molecule has 0 saturated carbocycles. The minimum Gasteiger partial charge on any atom is -0.481 e. The lowest BCUT2D eigenvalue weighted by atomic mass is 10.1. The van der Waals surface area contributed by atoms with E-state index < -0.39 is 0 Å². The average Bonchev–Trinajstić information content (AvgIpc) is 2.68. The minimum atomic E-state index is -0.0474. The van der Waals surface area contributed by atoms with E-state index in [0.29, 0.717) is 12.5 Å². The largest absolute Gasteiger partial charge is 0.481 e. The van der Waals surface area contributed by atoms with E-state index in [9.17, 15) is 0 Å². The van der Waals surface area contributed by atoms with Crippen molar-refractivity contribution in [1.29, 1.82) is 0 Å². The predicted octanol–water partition coefficient (Wildman–Crippen LogP) is 2.61. The Hall–Kier alpha value is -2.73. The first-order valence-electron chi connectivity index (χ1n) is 7.92. The second-order valence-corrected chi connectivity index (χ2v) is 5.61. The molecule has 0 amide bonds. The molecule has 0 aliphatic carbocycles. The van der Waals surface area contributed by atoms with Crippen LogP contribution in [0.2, 0.25) is 0 Å². The minimum absolute atomic E-state index is 0.0474. The second kappa shape index (κ2) is 6.41. The van der Waals surface area contributed by atoms with Gasteiger partial charge >= 0.3 is 0 Å². The maximum atomic E-state index is 5.91. The Balaban J connectivity index is 1.69. The van der Waals surface area contributed by atoms with Crippen LogP contribution in [0, 0.1) is 0 Å². The summed E-state index contributed by atoms with van der Waals surface area (Å²) in [5, 5.41) is 0. The maximum Gasteiger partial charge on any atom is 0.213 e. The van der Waals surface area contributed by atoms with Crippen molar-refractivity contribution < 1.29 is 9.47 Å². The first kappa shape index (κ1) is 14.8. The lowest BCUT2D eigenvalue weighted by Crippen LogP contribution is -2.38.